The van der Waals surface area contributed by atoms with Crippen LogP contribution in [0.3, 0.4) is 0 Å². The van der Waals surface area contributed by atoms with Crippen LogP contribution in [0.1, 0.15) is 52.4 Å². The van der Waals surface area contributed by atoms with E-state index >= 15 is 0 Å². The number of fused-ring (bicyclic) bond motifs is 1. The van der Waals surface area contributed by atoms with Crippen LogP contribution in [-0.4, -0.2) is 24.1 Å². The summed E-state index contributed by atoms with van der Waals surface area (Å²) in [5.74, 6) is 0.0494. The van der Waals surface area contributed by atoms with Crippen molar-refractivity contribution in [1.82, 2.24) is 0 Å². The minimum absolute atomic E-state index is 0.286. The van der Waals surface area contributed by atoms with Gasteiger partial charge in [-0.1, -0.05) is 32.4 Å². The molecule has 0 aromatic rings. The van der Waals surface area contributed by atoms with E-state index in [9.17, 15) is 9.59 Å². The smallest absolute Gasteiger partial charge is 0.333 e. The predicted molar refractivity (Wildman–Crippen MR) is 84.1 cm³/mol. The molecule has 2 aliphatic carbocycles. The fourth-order valence-corrected chi connectivity index (χ4v) is 3.60. The van der Waals surface area contributed by atoms with Gasteiger partial charge in [0, 0.05) is 17.1 Å². The average molecular weight is 306 g/mol. The van der Waals surface area contributed by atoms with Gasteiger partial charge in [0.1, 0.15) is 12.2 Å². The van der Waals surface area contributed by atoms with Crippen molar-refractivity contribution in [3.63, 3.8) is 0 Å². The molecule has 0 aromatic heterocycles. The Morgan fingerprint density at radius 2 is 1.45 bits per heavy atom. The first-order chi connectivity index (χ1) is 10.4. The highest BCUT2D eigenvalue weighted by atomic mass is 16.6. The van der Waals surface area contributed by atoms with E-state index < -0.39 is 11.9 Å². The second-order valence-electron chi connectivity index (χ2n) is 6.66. The molecule has 0 aliphatic heterocycles. The normalized spacial score (nSPS) is 30.8. The minimum atomic E-state index is -0.407. The molecule has 0 spiro atoms. The molecule has 2 rings (SSSR count). The third-order valence-corrected chi connectivity index (χ3v) is 4.78. The topological polar surface area (TPSA) is 52.6 Å². The van der Waals surface area contributed by atoms with Gasteiger partial charge < -0.3 is 9.47 Å². The van der Waals surface area contributed by atoms with Crippen molar-refractivity contribution in [2.75, 3.05) is 0 Å². The van der Waals surface area contributed by atoms with Crippen LogP contribution in [0.25, 0.3) is 0 Å². The molecule has 122 valence electrons. The first-order valence-corrected chi connectivity index (χ1v) is 8.13. The molecule has 4 atom stereocenters. The number of carbonyl (C=O) groups is 2. The monoisotopic (exact) mass is 306 g/mol. The molecular weight excluding hydrogens is 280 g/mol. The molecule has 0 saturated heterocycles. The predicted octanol–water partition coefficient (Wildman–Crippen LogP) is 3.56. The Kier molecular flexibility index (Phi) is 5.43. The van der Waals surface area contributed by atoms with Gasteiger partial charge in [0.25, 0.3) is 0 Å². The van der Waals surface area contributed by atoms with Gasteiger partial charge >= 0.3 is 11.9 Å². The molecule has 0 radical (unpaired) electrons. The van der Waals surface area contributed by atoms with Crippen molar-refractivity contribution in [3.8, 4) is 0 Å². The molecular formula is C18H26O4. The summed E-state index contributed by atoms with van der Waals surface area (Å²) in [4.78, 5) is 23.8. The third kappa shape index (κ3) is 3.79. The van der Waals surface area contributed by atoms with E-state index in [0.717, 1.165) is 25.7 Å². The van der Waals surface area contributed by atoms with Gasteiger partial charge in [-0.25, -0.2) is 9.59 Å². The van der Waals surface area contributed by atoms with E-state index in [1.54, 1.807) is 13.8 Å². The molecule has 0 N–H and O–H groups in total. The Labute approximate surface area is 132 Å². The van der Waals surface area contributed by atoms with E-state index in [1.807, 2.05) is 0 Å². The summed E-state index contributed by atoms with van der Waals surface area (Å²) < 4.78 is 11.2. The number of carbonyl (C=O) groups excluding carboxylic acids is 2. The number of esters is 2. The lowest BCUT2D eigenvalue weighted by Crippen LogP contribution is -2.48. The summed E-state index contributed by atoms with van der Waals surface area (Å²) in [6.07, 6.45) is 5.63. The van der Waals surface area contributed by atoms with Crippen LogP contribution in [-0.2, 0) is 19.1 Å². The molecule has 0 bridgehead atoms. The largest absolute Gasteiger partial charge is 0.455 e. The third-order valence-electron chi connectivity index (χ3n) is 4.78. The molecule has 4 nitrogen and oxygen atoms in total. The highest BCUT2D eigenvalue weighted by molar-refractivity contribution is 5.88. The zero-order chi connectivity index (χ0) is 16.3. The van der Waals surface area contributed by atoms with Crippen LogP contribution < -0.4 is 0 Å². The summed E-state index contributed by atoms with van der Waals surface area (Å²) in [5.41, 5.74) is 0.749. The molecule has 22 heavy (non-hydrogen) atoms. The lowest BCUT2D eigenvalue weighted by molar-refractivity contribution is -0.177. The SMILES string of the molecule is C=C(C)C(=O)OC1CCC2CCCCC2C1OC(=O)C(=C)C. The molecule has 0 amide bonds. The Balaban J connectivity index is 2.15. The lowest BCUT2D eigenvalue weighted by Gasteiger charge is -2.44. The summed E-state index contributed by atoms with van der Waals surface area (Å²) in [5, 5.41) is 0. The highest BCUT2D eigenvalue weighted by Crippen LogP contribution is 2.43. The van der Waals surface area contributed by atoms with E-state index in [0.29, 0.717) is 17.1 Å². The van der Waals surface area contributed by atoms with Crippen molar-refractivity contribution in [2.24, 2.45) is 11.8 Å². The summed E-state index contributed by atoms with van der Waals surface area (Å²) in [7, 11) is 0. The van der Waals surface area contributed by atoms with Gasteiger partial charge in [-0.3, -0.25) is 0 Å². The molecule has 2 fully saturated rings. The Morgan fingerprint density at radius 1 is 0.864 bits per heavy atom. The maximum atomic E-state index is 12.0. The summed E-state index contributed by atoms with van der Waals surface area (Å²) in [6, 6.07) is 0. The number of hydrogen-bond donors (Lipinski definition) is 0. The first kappa shape index (κ1) is 16.8. The molecule has 0 aromatic carbocycles. The van der Waals surface area contributed by atoms with Gasteiger partial charge in [-0.15, -0.1) is 0 Å². The molecule has 2 saturated carbocycles. The van der Waals surface area contributed by atoms with E-state index in [-0.39, 0.29) is 18.1 Å². The maximum absolute atomic E-state index is 12.0. The van der Waals surface area contributed by atoms with Crippen molar-refractivity contribution in [2.45, 2.75) is 64.6 Å². The average Bonchev–Trinajstić information content (AvgIpc) is 2.49. The Morgan fingerprint density at radius 3 is 2.09 bits per heavy atom. The van der Waals surface area contributed by atoms with Crippen LogP contribution in [0, 0.1) is 11.8 Å². The van der Waals surface area contributed by atoms with E-state index in [1.165, 1.54) is 12.8 Å². The van der Waals surface area contributed by atoms with Gasteiger partial charge in [0.2, 0.25) is 0 Å². The zero-order valence-electron chi connectivity index (χ0n) is 13.6. The standard InChI is InChI=1S/C18H26O4/c1-11(2)17(19)21-15-10-9-13-7-5-6-8-14(13)16(15)22-18(20)12(3)4/h13-16H,1,3,5-10H2,2,4H3. The van der Waals surface area contributed by atoms with Crippen molar-refractivity contribution < 1.29 is 19.1 Å². The summed E-state index contributed by atoms with van der Waals surface area (Å²) >= 11 is 0. The molecule has 2 aliphatic rings. The zero-order valence-corrected chi connectivity index (χ0v) is 13.6. The highest BCUT2D eigenvalue weighted by Gasteiger charge is 2.44. The Hall–Kier alpha value is -1.58. The maximum Gasteiger partial charge on any atom is 0.333 e. The van der Waals surface area contributed by atoms with Crippen molar-refractivity contribution >= 4 is 11.9 Å². The van der Waals surface area contributed by atoms with Crippen LogP contribution in [0.5, 0.6) is 0 Å². The minimum Gasteiger partial charge on any atom is -0.455 e. The first-order valence-electron chi connectivity index (χ1n) is 8.13. The fourth-order valence-electron chi connectivity index (χ4n) is 3.60. The number of ether oxygens (including phenoxy) is 2. The quantitative estimate of drug-likeness (QED) is 0.588. The van der Waals surface area contributed by atoms with Gasteiger partial charge in [-0.2, -0.15) is 0 Å². The van der Waals surface area contributed by atoms with Crippen LogP contribution >= 0.6 is 0 Å². The molecule has 0 heterocycles. The van der Waals surface area contributed by atoms with E-state index in [4.69, 9.17) is 9.47 Å². The Bertz CT molecular complexity index is 479. The lowest BCUT2D eigenvalue weighted by atomic mass is 9.68. The number of hydrogen-bond acceptors (Lipinski definition) is 4. The van der Waals surface area contributed by atoms with Crippen LogP contribution in [0.4, 0.5) is 0 Å². The van der Waals surface area contributed by atoms with Crippen molar-refractivity contribution in [3.05, 3.63) is 24.3 Å². The molecule has 4 heteroatoms. The van der Waals surface area contributed by atoms with E-state index in [2.05, 4.69) is 13.2 Å². The van der Waals surface area contributed by atoms with Crippen molar-refractivity contribution in [1.29, 1.82) is 0 Å². The van der Waals surface area contributed by atoms with Gasteiger partial charge in [0.05, 0.1) is 0 Å². The second-order valence-corrected chi connectivity index (χ2v) is 6.66. The van der Waals surface area contributed by atoms with Crippen LogP contribution in [0.2, 0.25) is 0 Å². The fraction of sp³-hybridized carbons (Fsp3) is 0.667. The van der Waals surface area contributed by atoms with Crippen LogP contribution in [0.15, 0.2) is 24.3 Å². The van der Waals surface area contributed by atoms with Gasteiger partial charge in [-0.05, 0) is 39.0 Å². The second kappa shape index (κ2) is 7.12. The van der Waals surface area contributed by atoms with Gasteiger partial charge in [0.15, 0.2) is 0 Å². The summed E-state index contributed by atoms with van der Waals surface area (Å²) in [6.45, 7) is 10.5. The number of rotatable bonds is 4. The molecule has 4 unspecified atom stereocenters.